The fourth-order valence-corrected chi connectivity index (χ4v) is 3.15. The van der Waals surface area contributed by atoms with Crippen molar-refractivity contribution in [3.63, 3.8) is 0 Å². The standard InChI is InChI=1S/C19H25ClN2O5/c1-12-7-15(8-13(2)18(12)20)27-11-17(24)21(3)10-16(23)22-6-4-5-14(9-22)19(25)26/h7-8,14H,4-6,9-11H2,1-3H3,(H,25,26). The topological polar surface area (TPSA) is 87.2 Å². The molecule has 2 amide bonds. The summed E-state index contributed by atoms with van der Waals surface area (Å²) in [5.74, 6) is -1.47. The number of carboxylic acids is 1. The van der Waals surface area contributed by atoms with Crippen LogP contribution in [0.15, 0.2) is 12.1 Å². The number of carboxylic acid groups (broad SMARTS) is 1. The minimum absolute atomic E-state index is 0.104. The smallest absolute Gasteiger partial charge is 0.308 e. The minimum Gasteiger partial charge on any atom is -0.484 e. The quantitative estimate of drug-likeness (QED) is 0.795. The van der Waals surface area contributed by atoms with Gasteiger partial charge in [0.1, 0.15) is 5.75 Å². The van der Waals surface area contributed by atoms with Crippen molar-refractivity contribution in [2.24, 2.45) is 5.92 Å². The van der Waals surface area contributed by atoms with Gasteiger partial charge in [0.15, 0.2) is 6.61 Å². The van der Waals surface area contributed by atoms with Crippen LogP contribution in [0, 0.1) is 19.8 Å². The van der Waals surface area contributed by atoms with Gasteiger partial charge in [-0.2, -0.15) is 0 Å². The number of hydrogen-bond donors (Lipinski definition) is 1. The molecule has 148 valence electrons. The van der Waals surface area contributed by atoms with Gasteiger partial charge in [0.2, 0.25) is 5.91 Å². The molecule has 8 heteroatoms. The van der Waals surface area contributed by atoms with Gasteiger partial charge in [-0.3, -0.25) is 14.4 Å². The van der Waals surface area contributed by atoms with Crippen molar-refractivity contribution in [2.45, 2.75) is 26.7 Å². The zero-order chi connectivity index (χ0) is 20.1. The second-order valence-corrected chi connectivity index (χ2v) is 7.30. The Hall–Kier alpha value is -2.28. The lowest BCUT2D eigenvalue weighted by Crippen LogP contribution is -2.47. The predicted octanol–water partition coefficient (Wildman–Crippen LogP) is 2.12. The van der Waals surface area contributed by atoms with Crippen molar-refractivity contribution >= 4 is 29.4 Å². The molecule has 1 N–H and O–H groups in total. The number of likely N-dealkylation sites (N-methyl/N-ethyl adjacent to an activating group) is 1. The fourth-order valence-electron chi connectivity index (χ4n) is 3.04. The molecule has 1 heterocycles. The highest BCUT2D eigenvalue weighted by molar-refractivity contribution is 6.32. The first-order valence-corrected chi connectivity index (χ1v) is 9.21. The number of hydrogen-bond acceptors (Lipinski definition) is 4. The summed E-state index contributed by atoms with van der Waals surface area (Å²) in [6, 6.07) is 3.51. The van der Waals surface area contributed by atoms with Gasteiger partial charge in [0, 0.05) is 25.2 Å². The predicted molar refractivity (Wildman–Crippen MR) is 101 cm³/mol. The summed E-state index contributed by atoms with van der Waals surface area (Å²) in [7, 11) is 1.53. The van der Waals surface area contributed by atoms with Crippen LogP contribution in [-0.4, -0.2) is 66.0 Å². The van der Waals surface area contributed by atoms with Gasteiger partial charge in [-0.15, -0.1) is 0 Å². The highest BCUT2D eigenvalue weighted by Crippen LogP contribution is 2.25. The Morgan fingerprint density at radius 3 is 2.52 bits per heavy atom. The Morgan fingerprint density at radius 2 is 1.93 bits per heavy atom. The maximum absolute atomic E-state index is 12.4. The van der Waals surface area contributed by atoms with Crippen molar-refractivity contribution in [3.8, 4) is 5.75 Å². The lowest BCUT2D eigenvalue weighted by atomic mass is 9.98. The number of carbonyl (C=O) groups is 3. The van der Waals surface area contributed by atoms with Crippen LogP contribution in [0.1, 0.15) is 24.0 Å². The third-order valence-electron chi connectivity index (χ3n) is 4.69. The average Bonchev–Trinajstić information content (AvgIpc) is 2.63. The van der Waals surface area contributed by atoms with Gasteiger partial charge >= 0.3 is 5.97 Å². The molecule has 1 saturated heterocycles. The Kier molecular flexibility index (Phi) is 7.07. The van der Waals surface area contributed by atoms with E-state index in [0.29, 0.717) is 30.2 Å². The largest absolute Gasteiger partial charge is 0.484 e. The summed E-state index contributed by atoms with van der Waals surface area (Å²) in [6.07, 6.45) is 1.22. The first kappa shape index (κ1) is 21.0. The van der Waals surface area contributed by atoms with Gasteiger partial charge in [0.05, 0.1) is 12.5 Å². The molecule has 1 atom stereocenters. The van der Waals surface area contributed by atoms with E-state index in [1.165, 1.54) is 16.8 Å². The number of aryl methyl sites for hydroxylation is 2. The number of benzene rings is 1. The van der Waals surface area contributed by atoms with Crippen LogP contribution in [0.5, 0.6) is 5.75 Å². The number of amides is 2. The number of carbonyl (C=O) groups excluding carboxylic acids is 2. The van der Waals surface area contributed by atoms with E-state index in [4.69, 9.17) is 21.4 Å². The molecule has 0 aromatic heterocycles. The zero-order valence-corrected chi connectivity index (χ0v) is 16.6. The summed E-state index contributed by atoms with van der Waals surface area (Å²) < 4.78 is 5.53. The van der Waals surface area contributed by atoms with Crippen LogP contribution in [0.25, 0.3) is 0 Å². The summed E-state index contributed by atoms with van der Waals surface area (Å²) >= 11 is 6.11. The van der Waals surface area contributed by atoms with Crippen LogP contribution in [-0.2, 0) is 14.4 Å². The number of aliphatic carboxylic acids is 1. The van der Waals surface area contributed by atoms with Crippen LogP contribution >= 0.6 is 11.6 Å². The third-order valence-corrected chi connectivity index (χ3v) is 5.29. The van der Waals surface area contributed by atoms with E-state index in [-0.39, 0.29) is 31.5 Å². The number of rotatable bonds is 6. The molecule has 1 unspecified atom stereocenters. The summed E-state index contributed by atoms with van der Waals surface area (Å²) in [5.41, 5.74) is 1.72. The molecule has 2 rings (SSSR count). The fraction of sp³-hybridized carbons (Fsp3) is 0.526. The van der Waals surface area contributed by atoms with E-state index in [9.17, 15) is 14.4 Å². The molecule has 7 nitrogen and oxygen atoms in total. The van der Waals surface area contributed by atoms with Crippen LogP contribution < -0.4 is 4.74 Å². The molecule has 1 aliphatic heterocycles. The van der Waals surface area contributed by atoms with Crippen molar-refractivity contribution in [1.29, 1.82) is 0 Å². The number of halogens is 1. The third kappa shape index (κ3) is 5.60. The summed E-state index contributed by atoms with van der Waals surface area (Å²) in [4.78, 5) is 38.5. The second-order valence-electron chi connectivity index (χ2n) is 6.93. The second kappa shape index (κ2) is 9.08. The maximum atomic E-state index is 12.4. The van der Waals surface area contributed by atoms with E-state index in [0.717, 1.165) is 11.1 Å². The zero-order valence-electron chi connectivity index (χ0n) is 15.8. The van der Waals surface area contributed by atoms with Gasteiger partial charge in [-0.1, -0.05) is 11.6 Å². The number of likely N-dealkylation sites (tertiary alicyclic amines) is 1. The average molecular weight is 397 g/mol. The van der Waals surface area contributed by atoms with E-state index >= 15 is 0 Å². The van der Waals surface area contributed by atoms with E-state index < -0.39 is 11.9 Å². The summed E-state index contributed by atoms with van der Waals surface area (Å²) in [5, 5.41) is 9.78. The monoisotopic (exact) mass is 396 g/mol. The van der Waals surface area contributed by atoms with Gasteiger partial charge in [-0.05, 0) is 49.9 Å². The molecule has 1 aliphatic rings. The molecule has 0 spiro atoms. The lowest BCUT2D eigenvalue weighted by molar-refractivity contribution is -0.147. The van der Waals surface area contributed by atoms with Gasteiger partial charge < -0.3 is 19.6 Å². The molecular formula is C19H25ClN2O5. The molecule has 0 bridgehead atoms. The van der Waals surface area contributed by atoms with E-state index in [1.807, 2.05) is 13.8 Å². The van der Waals surface area contributed by atoms with Crippen LogP contribution in [0.2, 0.25) is 5.02 Å². The Morgan fingerprint density at radius 1 is 1.30 bits per heavy atom. The van der Waals surface area contributed by atoms with Crippen molar-refractivity contribution in [1.82, 2.24) is 9.80 Å². The maximum Gasteiger partial charge on any atom is 0.308 e. The molecule has 27 heavy (non-hydrogen) atoms. The molecular weight excluding hydrogens is 372 g/mol. The first-order chi connectivity index (χ1) is 12.7. The molecule has 1 fully saturated rings. The number of nitrogens with zero attached hydrogens (tertiary/aromatic N) is 2. The van der Waals surface area contributed by atoms with Crippen LogP contribution in [0.3, 0.4) is 0 Å². The van der Waals surface area contributed by atoms with Crippen molar-refractivity contribution in [2.75, 3.05) is 33.3 Å². The molecule has 1 aromatic carbocycles. The Balaban J connectivity index is 1.86. The van der Waals surface area contributed by atoms with E-state index in [1.54, 1.807) is 12.1 Å². The lowest BCUT2D eigenvalue weighted by Gasteiger charge is -2.32. The van der Waals surface area contributed by atoms with E-state index in [2.05, 4.69) is 0 Å². The van der Waals surface area contributed by atoms with Gasteiger partial charge in [-0.25, -0.2) is 0 Å². The highest BCUT2D eigenvalue weighted by atomic mass is 35.5. The number of ether oxygens (including phenoxy) is 1. The van der Waals surface area contributed by atoms with Crippen molar-refractivity contribution < 1.29 is 24.2 Å². The van der Waals surface area contributed by atoms with Crippen molar-refractivity contribution in [3.05, 3.63) is 28.3 Å². The first-order valence-electron chi connectivity index (χ1n) is 8.83. The molecule has 1 aromatic rings. The molecule has 0 aliphatic carbocycles. The number of piperidine rings is 1. The molecule has 0 radical (unpaired) electrons. The SMILES string of the molecule is Cc1cc(OCC(=O)N(C)CC(=O)N2CCCC(C(=O)O)C2)cc(C)c1Cl. The minimum atomic E-state index is -0.890. The van der Waals surface area contributed by atoms with Gasteiger partial charge in [0.25, 0.3) is 5.91 Å². The molecule has 0 saturated carbocycles. The van der Waals surface area contributed by atoms with Crippen LogP contribution in [0.4, 0.5) is 0 Å². The Bertz CT molecular complexity index is 714. The normalized spacial score (nSPS) is 16.7. The highest BCUT2D eigenvalue weighted by Gasteiger charge is 2.29. The Labute approximate surface area is 163 Å². The summed E-state index contributed by atoms with van der Waals surface area (Å²) in [6.45, 7) is 4.13.